The molecule has 0 aliphatic heterocycles. The van der Waals surface area contributed by atoms with Gasteiger partial charge < -0.3 is 9.13 Å². The first-order valence-electron chi connectivity index (χ1n) is 22.2. The Labute approximate surface area is 335 Å². The van der Waals surface area contributed by atoms with Crippen LogP contribution >= 0.6 is 0 Å². The van der Waals surface area contributed by atoms with Gasteiger partial charge in [-0.15, -0.1) is 0 Å². The Bertz CT molecular complexity index is 3630. The lowest BCUT2D eigenvalue weighted by Gasteiger charge is -2.12. The van der Waals surface area contributed by atoms with E-state index in [1.807, 2.05) is 109 Å². The Kier molecular flexibility index (Phi) is 6.01. The Balaban J connectivity index is 1.18. The van der Waals surface area contributed by atoms with Gasteiger partial charge in [-0.1, -0.05) is 158 Å². The predicted molar refractivity (Wildman–Crippen MR) is 237 cm³/mol. The second-order valence-electron chi connectivity index (χ2n) is 14.0. The number of rotatable bonds is 6. The van der Waals surface area contributed by atoms with Crippen molar-refractivity contribution in [3.8, 4) is 55.9 Å². The molecule has 0 fully saturated rings. The van der Waals surface area contributed by atoms with Crippen molar-refractivity contribution in [1.29, 1.82) is 0 Å². The number of benzene rings is 9. The summed E-state index contributed by atoms with van der Waals surface area (Å²) in [4.78, 5) is 0. The minimum Gasteiger partial charge on any atom is -0.309 e. The van der Waals surface area contributed by atoms with E-state index in [0.717, 1.165) is 60.9 Å². The first kappa shape index (κ1) is 25.6. The summed E-state index contributed by atoms with van der Waals surface area (Å²) < 4.78 is 68.8. The number of nitrogens with zero attached hydrogens (tertiary/aromatic N) is 2. The third-order valence-corrected chi connectivity index (χ3v) is 10.7. The van der Waals surface area contributed by atoms with Gasteiger partial charge in [0.1, 0.15) is 0 Å². The lowest BCUT2D eigenvalue weighted by Crippen LogP contribution is -1.95. The standard InChI is InChI=1S/C54H36N2/c1-4-14-37(15-5-1)40-20-12-22-45(32-40)55-51-25-11-10-24-47(51)49-34-42(27-30-52(49)55)43-28-31-53-50(35-43)48-29-26-44(39-18-8-3-9-19-39)36-54(48)56(53)46-23-13-21-41(33-46)38-16-6-2-7-17-38/h1-36H/i10D,11D,24D,25D,27D,30D,34D. The zero-order valence-electron chi connectivity index (χ0n) is 37.1. The van der Waals surface area contributed by atoms with Crippen molar-refractivity contribution < 1.29 is 9.60 Å². The van der Waals surface area contributed by atoms with E-state index in [1.54, 1.807) is 4.57 Å². The molecule has 9 aromatic carbocycles. The number of hydrogen-bond acceptors (Lipinski definition) is 0. The fourth-order valence-electron chi connectivity index (χ4n) is 8.09. The third kappa shape index (κ3) is 5.34. The molecule has 2 aromatic heterocycles. The lowest BCUT2D eigenvalue weighted by molar-refractivity contribution is 1.18. The van der Waals surface area contributed by atoms with Gasteiger partial charge in [-0.3, -0.25) is 0 Å². The molecule has 0 amide bonds. The highest BCUT2D eigenvalue weighted by atomic mass is 15.0. The summed E-state index contributed by atoms with van der Waals surface area (Å²) in [6.45, 7) is 0. The molecule has 0 saturated carbocycles. The molecule has 0 aliphatic carbocycles. The quantitative estimate of drug-likeness (QED) is 0.162. The minimum absolute atomic E-state index is 0.0796. The largest absolute Gasteiger partial charge is 0.309 e. The molecule has 0 aliphatic rings. The van der Waals surface area contributed by atoms with Gasteiger partial charge >= 0.3 is 0 Å². The molecular weight excluding hydrogens is 677 g/mol. The molecule has 11 aromatic rings. The highest BCUT2D eigenvalue weighted by Gasteiger charge is 2.17. The van der Waals surface area contributed by atoms with Crippen LogP contribution < -0.4 is 0 Å². The fraction of sp³-hybridized carbons (Fsp3) is 0. The molecule has 0 bridgehead atoms. The smallest absolute Gasteiger partial charge is 0.0645 e. The SMILES string of the molecule is [2H]c1c([2H])c([2H])c2c(c1[2H])c1c([2H])c(-c3ccc4c(c3)c3ccc(-c5ccccc5)cc3n4-c3cccc(-c4ccccc4)c3)c([2H])c([2H])c1n2-c1cccc(-c2ccccc2)c1. The van der Waals surface area contributed by atoms with Crippen LogP contribution in [0, 0.1) is 0 Å². The first-order valence-corrected chi connectivity index (χ1v) is 18.7. The van der Waals surface area contributed by atoms with Gasteiger partial charge in [0, 0.05) is 32.9 Å². The summed E-state index contributed by atoms with van der Waals surface area (Å²) in [5.41, 5.74) is 10.7. The van der Waals surface area contributed by atoms with E-state index in [9.17, 15) is 5.48 Å². The average Bonchev–Trinajstić information content (AvgIpc) is 3.87. The molecule has 262 valence electrons. The number of hydrogen-bond donors (Lipinski definition) is 0. The third-order valence-electron chi connectivity index (χ3n) is 10.7. The molecule has 0 radical (unpaired) electrons. The summed E-state index contributed by atoms with van der Waals surface area (Å²) in [6, 6.07) is 56.9. The fourth-order valence-corrected chi connectivity index (χ4v) is 8.09. The van der Waals surface area contributed by atoms with E-state index in [1.165, 1.54) is 0 Å². The van der Waals surface area contributed by atoms with E-state index in [4.69, 9.17) is 4.11 Å². The van der Waals surface area contributed by atoms with E-state index < -0.39 is 12.1 Å². The van der Waals surface area contributed by atoms with Crippen LogP contribution in [0.2, 0.25) is 0 Å². The monoisotopic (exact) mass is 719 g/mol. The summed E-state index contributed by atoms with van der Waals surface area (Å²) in [5, 5.41) is 2.22. The van der Waals surface area contributed by atoms with Gasteiger partial charge in [-0.2, -0.15) is 0 Å². The number of para-hydroxylation sites is 1. The Morgan fingerprint density at radius 1 is 0.286 bits per heavy atom. The molecule has 2 heterocycles. The van der Waals surface area contributed by atoms with Crippen LogP contribution in [0.4, 0.5) is 0 Å². The van der Waals surface area contributed by atoms with Crippen LogP contribution in [0.1, 0.15) is 9.60 Å². The second kappa shape index (κ2) is 13.2. The minimum atomic E-state index is -0.424. The molecule has 2 heteroatoms. The van der Waals surface area contributed by atoms with E-state index in [-0.39, 0.29) is 57.6 Å². The maximum absolute atomic E-state index is 9.91. The van der Waals surface area contributed by atoms with Crippen LogP contribution in [0.15, 0.2) is 218 Å². The first-order chi connectivity index (χ1) is 30.7. The summed E-state index contributed by atoms with van der Waals surface area (Å²) in [7, 11) is 0. The van der Waals surface area contributed by atoms with E-state index >= 15 is 0 Å². The highest BCUT2D eigenvalue weighted by Crippen LogP contribution is 2.40. The topological polar surface area (TPSA) is 9.86 Å². The summed E-state index contributed by atoms with van der Waals surface area (Å²) in [6.07, 6.45) is 0. The summed E-state index contributed by atoms with van der Waals surface area (Å²) in [5.74, 6) is 0. The number of fused-ring (bicyclic) bond motifs is 6. The predicted octanol–water partition coefficient (Wildman–Crippen LogP) is 14.5. The van der Waals surface area contributed by atoms with Crippen molar-refractivity contribution in [2.24, 2.45) is 0 Å². The number of aromatic nitrogens is 2. The molecule has 0 unspecified atom stereocenters. The molecule has 0 atom stereocenters. The molecule has 11 rings (SSSR count). The molecule has 0 N–H and O–H groups in total. The Morgan fingerprint density at radius 3 is 1.45 bits per heavy atom. The zero-order valence-corrected chi connectivity index (χ0v) is 30.1. The highest BCUT2D eigenvalue weighted by molar-refractivity contribution is 6.13. The van der Waals surface area contributed by atoms with E-state index in [0.29, 0.717) is 11.3 Å². The van der Waals surface area contributed by atoms with E-state index in [2.05, 4.69) is 71.3 Å². The van der Waals surface area contributed by atoms with Crippen LogP contribution in [0.5, 0.6) is 0 Å². The maximum atomic E-state index is 9.91. The molecule has 0 saturated heterocycles. The van der Waals surface area contributed by atoms with Crippen molar-refractivity contribution >= 4 is 43.6 Å². The van der Waals surface area contributed by atoms with Crippen molar-refractivity contribution in [3.05, 3.63) is 218 Å². The molecule has 2 nitrogen and oxygen atoms in total. The van der Waals surface area contributed by atoms with Crippen molar-refractivity contribution in [2.45, 2.75) is 0 Å². The maximum Gasteiger partial charge on any atom is 0.0645 e. The van der Waals surface area contributed by atoms with Gasteiger partial charge in [-0.25, -0.2) is 0 Å². The van der Waals surface area contributed by atoms with Crippen molar-refractivity contribution in [3.63, 3.8) is 0 Å². The molecule has 56 heavy (non-hydrogen) atoms. The zero-order chi connectivity index (χ0) is 43.1. The Morgan fingerprint density at radius 2 is 0.804 bits per heavy atom. The second-order valence-corrected chi connectivity index (χ2v) is 14.0. The van der Waals surface area contributed by atoms with Crippen LogP contribution in [-0.2, 0) is 0 Å². The van der Waals surface area contributed by atoms with Gasteiger partial charge in [0.05, 0.1) is 31.7 Å². The van der Waals surface area contributed by atoms with Crippen molar-refractivity contribution in [1.82, 2.24) is 9.13 Å². The summed E-state index contributed by atoms with van der Waals surface area (Å²) >= 11 is 0. The normalized spacial score (nSPS) is 13.3. The van der Waals surface area contributed by atoms with Gasteiger partial charge in [0.25, 0.3) is 0 Å². The van der Waals surface area contributed by atoms with Crippen molar-refractivity contribution in [2.75, 3.05) is 0 Å². The Hall–Kier alpha value is -7.42. The lowest BCUT2D eigenvalue weighted by atomic mass is 9.99. The van der Waals surface area contributed by atoms with Crippen LogP contribution in [-0.4, -0.2) is 9.13 Å². The van der Waals surface area contributed by atoms with Gasteiger partial charge in [-0.05, 0) is 105 Å². The van der Waals surface area contributed by atoms with Gasteiger partial charge in [0.15, 0.2) is 0 Å². The average molecular weight is 720 g/mol. The van der Waals surface area contributed by atoms with Crippen LogP contribution in [0.25, 0.3) is 99.5 Å². The van der Waals surface area contributed by atoms with Gasteiger partial charge in [0.2, 0.25) is 0 Å². The molecular formula is C54H36N2. The molecule has 0 spiro atoms. The van der Waals surface area contributed by atoms with Crippen LogP contribution in [0.3, 0.4) is 0 Å².